The van der Waals surface area contributed by atoms with Crippen LogP contribution in [0.1, 0.15) is 39.7 Å². The third-order valence-corrected chi connectivity index (χ3v) is 3.17. The number of nitrogens with zero attached hydrogens (tertiary/aromatic N) is 1. The summed E-state index contributed by atoms with van der Waals surface area (Å²) in [6.07, 6.45) is 4.64. The molecule has 0 aliphatic rings. The first kappa shape index (κ1) is 12.5. The third-order valence-electron chi connectivity index (χ3n) is 3.17. The molecule has 0 aliphatic carbocycles. The van der Waals surface area contributed by atoms with Crippen molar-refractivity contribution in [1.29, 1.82) is 0 Å². The number of carbonyl (C=O) groups is 1. The van der Waals surface area contributed by atoms with Gasteiger partial charge >= 0.3 is 0 Å². The minimum absolute atomic E-state index is 0.727. The Labute approximate surface area is 108 Å². The average molecular weight is 239 g/mol. The summed E-state index contributed by atoms with van der Waals surface area (Å²) in [7, 11) is 0. The van der Waals surface area contributed by atoms with Crippen molar-refractivity contribution in [2.24, 2.45) is 0 Å². The summed E-state index contributed by atoms with van der Waals surface area (Å²) in [5.41, 5.74) is 5.41. The van der Waals surface area contributed by atoms with Crippen molar-refractivity contribution in [3.05, 3.63) is 64.5 Å². The molecule has 1 heterocycles. The minimum Gasteiger partial charge on any atom is -0.298 e. The monoisotopic (exact) mass is 239 g/mol. The van der Waals surface area contributed by atoms with Gasteiger partial charge in [0.2, 0.25) is 0 Å². The molecule has 0 amide bonds. The average Bonchev–Trinajstić information content (AvgIpc) is 2.42. The Hall–Kier alpha value is -1.96. The molecular weight excluding hydrogens is 222 g/mol. The Morgan fingerprint density at radius 1 is 1.22 bits per heavy atom. The lowest BCUT2D eigenvalue weighted by Gasteiger charge is -2.06. The second kappa shape index (κ2) is 5.58. The van der Waals surface area contributed by atoms with Crippen molar-refractivity contribution in [1.82, 2.24) is 4.98 Å². The van der Waals surface area contributed by atoms with Crippen LogP contribution in [0.4, 0.5) is 0 Å². The number of hydrogen-bond donors (Lipinski definition) is 0. The van der Waals surface area contributed by atoms with E-state index in [0.29, 0.717) is 0 Å². The summed E-state index contributed by atoms with van der Waals surface area (Å²) < 4.78 is 0. The third kappa shape index (κ3) is 2.83. The molecule has 2 aromatic rings. The fourth-order valence-corrected chi connectivity index (χ4v) is 1.95. The summed E-state index contributed by atoms with van der Waals surface area (Å²) in [6, 6.07) is 9.98. The van der Waals surface area contributed by atoms with Crippen LogP contribution in [0.25, 0.3) is 0 Å². The Balaban J connectivity index is 2.19. The lowest BCUT2D eigenvalue weighted by molar-refractivity contribution is 0.112. The van der Waals surface area contributed by atoms with Gasteiger partial charge in [0.1, 0.15) is 6.29 Å². The van der Waals surface area contributed by atoms with Crippen LogP contribution in [-0.2, 0) is 12.8 Å². The second-order valence-electron chi connectivity index (χ2n) is 4.49. The van der Waals surface area contributed by atoms with Gasteiger partial charge in [-0.25, -0.2) is 0 Å². The van der Waals surface area contributed by atoms with Crippen molar-refractivity contribution < 1.29 is 4.79 Å². The van der Waals surface area contributed by atoms with E-state index in [9.17, 15) is 4.79 Å². The molecule has 0 fully saturated rings. The first-order valence-corrected chi connectivity index (χ1v) is 6.21. The molecule has 0 N–H and O–H groups in total. The van der Waals surface area contributed by atoms with Gasteiger partial charge in [0.25, 0.3) is 0 Å². The van der Waals surface area contributed by atoms with Crippen LogP contribution in [0, 0.1) is 6.92 Å². The van der Waals surface area contributed by atoms with Gasteiger partial charge in [-0.3, -0.25) is 9.78 Å². The van der Waals surface area contributed by atoms with Crippen LogP contribution < -0.4 is 0 Å². The van der Waals surface area contributed by atoms with E-state index in [2.05, 4.69) is 24.0 Å². The number of aromatic nitrogens is 1. The summed E-state index contributed by atoms with van der Waals surface area (Å²) in [6.45, 7) is 4.15. The smallest absolute Gasteiger partial charge is 0.150 e. The fraction of sp³-hybridized carbons (Fsp3) is 0.250. The zero-order valence-electron chi connectivity index (χ0n) is 10.8. The maximum atomic E-state index is 10.7. The molecular formula is C16H17NO. The highest BCUT2D eigenvalue weighted by Crippen LogP contribution is 2.14. The number of carbonyl (C=O) groups excluding carboxylic acids is 1. The van der Waals surface area contributed by atoms with Crippen molar-refractivity contribution in [3.63, 3.8) is 0 Å². The SMILES string of the molecule is CCc1ccc(Cc2ccc(C=O)cc2C)nc1. The number of aldehydes is 1. The topological polar surface area (TPSA) is 30.0 Å². The molecule has 0 atom stereocenters. The Bertz CT molecular complexity index is 544. The van der Waals surface area contributed by atoms with Crippen molar-refractivity contribution >= 4 is 6.29 Å². The molecule has 0 aliphatic heterocycles. The molecule has 0 radical (unpaired) electrons. The van der Waals surface area contributed by atoms with Gasteiger partial charge in [0, 0.05) is 23.9 Å². The van der Waals surface area contributed by atoms with Crippen molar-refractivity contribution in [2.45, 2.75) is 26.7 Å². The highest BCUT2D eigenvalue weighted by Gasteiger charge is 2.02. The van der Waals surface area contributed by atoms with Gasteiger partial charge < -0.3 is 0 Å². The largest absolute Gasteiger partial charge is 0.298 e. The minimum atomic E-state index is 0.727. The predicted octanol–water partition coefficient (Wildman–Crippen LogP) is 3.36. The maximum Gasteiger partial charge on any atom is 0.150 e. The summed E-state index contributed by atoms with van der Waals surface area (Å²) in [4.78, 5) is 15.1. The molecule has 0 saturated carbocycles. The van der Waals surface area contributed by atoms with Crippen LogP contribution in [0.2, 0.25) is 0 Å². The molecule has 0 bridgehead atoms. The number of aryl methyl sites for hydroxylation is 2. The molecule has 1 aromatic carbocycles. The summed E-state index contributed by atoms with van der Waals surface area (Å²) >= 11 is 0. The van der Waals surface area contributed by atoms with E-state index >= 15 is 0 Å². The van der Waals surface area contributed by atoms with Crippen LogP contribution in [0.5, 0.6) is 0 Å². The standard InChI is InChI=1S/C16H17NO/c1-3-13-5-7-16(17-10-13)9-15-6-4-14(11-18)8-12(15)2/h4-8,10-11H,3,9H2,1-2H3. The van der Waals surface area contributed by atoms with Crippen LogP contribution in [-0.4, -0.2) is 11.3 Å². The Morgan fingerprint density at radius 3 is 2.61 bits per heavy atom. The first-order valence-electron chi connectivity index (χ1n) is 6.21. The van der Waals surface area contributed by atoms with Crippen LogP contribution >= 0.6 is 0 Å². The van der Waals surface area contributed by atoms with Crippen LogP contribution in [0.15, 0.2) is 36.5 Å². The zero-order valence-corrected chi connectivity index (χ0v) is 10.8. The van der Waals surface area contributed by atoms with E-state index in [4.69, 9.17) is 0 Å². The van der Waals surface area contributed by atoms with Gasteiger partial charge in [-0.15, -0.1) is 0 Å². The molecule has 0 unspecified atom stereocenters. The maximum absolute atomic E-state index is 10.7. The van der Waals surface area contributed by atoms with Gasteiger partial charge in [0.05, 0.1) is 0 Å². The van der Waals surface area contributed by atoms with E-state index in [0.717, 1.165) is 35.9 Å². The van der Waals surface area contributed by atoms with Gasteiger partial charge in [-0.2, -0.15) is 0 Å². The highest BCUT2D eigenvalue weighted by molar-refractivity contribution is 5.75. The molecule has 2 rings (SSSR count). The normalized spacial score (nSPS) is 10.3. The second-order valence-corrected chi connectivity index (χ2v) is 4.49. The molecule has 18 heavy (non-hydrogen) atoms. The number of rotatable bonds is 4. The predicted molar refractivity (Wildman–Crippen MR) is 73.0 cm³/mol. The summed E-state index contributed by atoms with van der Waals surface area (Å²) in [5, 5.41) is 0. The number of hydrogen-bond acceptors (Lipinski definition) is 2. The van der Waals surface area contributed by atoms with E-state index in [-0.39, 0.29) is 0 Å². The molecule has 0 spiro atoms. The quantitative estimate of drug-likeness (QED) is 0.766. The van der Waals surface area contributed by atoms with E-state index in [1.165, 1.54) is 11.1 Å². The number of pyridine rings is 1. The van der Waals surface area contributed by atoms with E-state index in [1.54, 1.807) is 0 Å². The highest BCUT2D eigenvalue weighted by atomic mass is 16.1. The Morgan fingerprint density at radius 2 is 2.06 bits per heavy atom. The molecule has 0 saturated heterocycles. The van der Waals surface area contributed by atoms with E-state index < -0.39 is 0 Å². The van der Waals surface area contributed by atoms with E-state index in [1.807, 2.05) is 31.3 Å². The van der Waals surface area contributed by atoms with Gasteiger partial charge in [-0.1, -0.05) is 25.1 Å². The lowest BCUT2D eigenvalue weighted by Crippen LogP contribution is -1.96. The van der Waals surface area contributed by atoms with Crippen LogP contribution in [0.3, 0.4) is 0 Å². The summed E-state index contributed by atoms with van der Waals surface area (Å²) in [5.74, 6) is 0. The fourth-order valence-electron chi connectivity index (χ4n) is 1.95. The van der Waals surface area contributed by atoms with Gasteiger partial charge in [-0.05, 0) is 42.2 Å². The molecule has 1 aromatic heterocycles. The molecule has 2 heteroatoms. The number of benzene rings is 1. The van der Waals surface area contributed by atoms with Crippen molar-refractivity contribution in [2.75, 3.05) is 0 Å². The van der Waals surface area contributed by atoms with Crippen molar-refractivity contribution in [3.8, 4) is 0 Å². The molecule has 2 nitrogen and oxygen atoms in total. The van der Waals surface area contributed by atoms with Gasteiger partial charge in [0.15, 0.2) is 0 Å². The Kier molecular flexibility index (Phi) is 3.88. The zero-order chi connectivity index (χ0) is 13.0. The lowest BCUT2D eigenvalue weighted by atomic mass is 10.0. The molecule has 92 valence electrons. The first-order chi connectivity index (χ1) is 8.72.